The number of para-hydroxylation sites is 1. The molecule has 1 aliphatic heterocycles. The Hall–Kier alpha value is -1.51. The van der Waals surface area contributed by atoms with Crippen molar-refractivity contribution in [1.82, 2.24) is 5.32 Å². The molecule has 1 heterocycles. The quantitative estimate of drug-likeness (QED) is 0.801. The summed E-state index contributed by atoms with van der Waals surface area (Å²) in [4.78, 5) is 0. The minimum Gasteiger partial charge on any atom is -0.481 e. The largest absolute Gasteiger partial charge is 0.481 e. The van der Waals surface area contributed by atoms with Crippen molar-refractivity contribution in [2.45, 2.75) is 13.0 Å². The van der Waals surface area contributed by atoms with Crippen LogP contribution in [0.2, 0.25) is 0 Å². The van der Waals surface area contributed by atoms with Crippen LogP contribution in [-0.4, -0.2) is 33.1 Å². The number of nitrogens with one attached hydrogen (secondary N) is 1. The summed E-state index contributed by atoms with van der Waals surface area (Å²) >= 11 is 0. The molecule has 0 spiro atoms. The third kappa shape index (κ3) is 4.26. The molecule has 1 saturated heterocycles. The van der Waals surface area contributed by atoms with Gasteiger partial charge >= 0.3 is 0 Å². The molecule has 1 aromatic rings. The smallest absolute Gasteiger partial charge is 0.150 e. The maximum absolute atomic E-state index is 11.4. The van der Waals surface area contributed by atoms with Gasteiger partial charge in [-0.1, -0.05) is 24.1 Å². The molecule has 0 radical (unpaired) electrons. The molecule has 1 atom stereocenters. The van der Waals surface area contributed by atoms with Crippen LogP contribution in [0, 0.1) is 18.3 Å². The molecule has 1 N–H and O–H groups in total. The number of hydrogen-bond donors (Lipinski definition) is 1. The molecule has 1 fully saturated rings. The molecule has 20 heavy (non-hydrogen) atoms. The standard InChI is InChI=1S/C15H19NO3S/c1-2-8-19-15-6-4-3-5-14(15)11-16-10-13-7-9-20(17,18)12-13/h1,3-6,13,16H,7-12H2. The Morgan fingerprint density at radius 3 is 2.90 bits per heavy atom. The summed E-state index contributed by atoms with van der Waals surface area (Å²) in [6, 6.07) is 7.71. The van der Waals surface area contributed by atoms with Gasteiger partial charge in [0.25, 0.3) is 0 Å². The number of sulfone groups is 1. The van der Waals surface area contributed by atoms with E-state index in [1.807, 2.05) is 24.3 Å². The highest BCUT2D eigenvalue weighted by Gasteiger charge is 2.27. The van der Waals surface area contributed by atoms with E-state index in [0.29, 0.717) is 24.6 Å². The maximum atomic E-state index is 11.4. The number of ether oxygens (including phenoxy) is 1. The van der Waals surface area contributed by atoms with E-state index in [1.54, 1.807) is 0 Å². The minimum atomic E-state index is -2.80. The van der Waals surface area contributed by atoms with Crippen LogP contribution in [-0.2, 0) is 16.4 Å². The monoisotopic (exact) mass is 293 g/mol. The Morgan fingerprint density at radius 1 is 1.40 bits per heavy atom. The van der Waals surface area contributed by atoms with Crippen molar-refractivity contribution >= 4 is 9.84 Å². The molecule has 1 aromatic carbocycles. The molecule has 0 bridgehead atoms. The van der Waals surface area contributed by atoms with Crippen LogP contribution in [0.4, 0.5) is 0 Å². The topological polar surface area (TPSA) is 55.4 Å². The van der Waals surface area contributed by atoms with E-state index < -0.39 is 9.84 Å². The fourth-order valence-corrected chi connectivity index (χ4v) is 4.22. The molecule has 0 saturated carbocycles. The molecule has 0 aromatic heterocycles. The second-order valence-corrected chi connectivity index (χ2v) is 7.23. The zero-order chi connectivity index (χ0) is 14.4. The van der Waals surface area contributed by atoms with Gasteiger partial charge in [-0.05, 0) is 24.9 Å². The van der Waals surface area contributed by atoms with Crippen molar-refractivity contribution in [2.24, 2.45) is 5.92 Å². The van der Waals surface area contributed by atoms with Gasteiger partial charge in [0.2, 0.25) is 0 Å². The lowest BCUT2D eigenvalue weighted by Crippen LogP contribution is -2.23. The predicted molar refractivity (Wildman–Crippen MR) is 79.2 cm³/mol. The Morgan fingerprint density at radius 2 is 2.20 bits per heavy atom. The third-order valence-electron chi connectivity index (χ3n) is 3.36. The van der Waals surface area contributed by atoms with Crippen LogP contribution in [0.15, 0.2) is 24.3 Å². The first kappa shape index (κ1) is 14.9. The summed E-state index contributed by atoms with van der Waals surface area (Å²) in [5.41, 5.74) is 1.03. The van der Waals surface area contributed by atoms with Crippen molar-refractivity contribution in [1.29, 1.82) is 0 Å². The highest BCUT2D eigenvalue weighted by Crippen LogP contribution is 2.19. The van der Waals surface area contributed by atoms with E-state index in [-0.39, 0.29) is 12.5 Å². The lowest BCUT2D eigenvalue weighted by atomic mass is 10.1. The lowest BCUT2D eigenvalue weighted by Gasteiger charge is -2.12. The van der Waals surface area contributed by atoms with Crippen LogP contribution in [0.1, 0.15) is 12.0 Å². The van der Waals surface area contributed by atoms with Gasteiger partial charge in [0.1, 0.15) is 12.4 Å². The molecular formula is C15H19NO3S. The molecule has 0 aliphatic carbocycles. The molecular weight excluding hydrogens is 274 g/mol. The van der Waals surface area contributed by atoms with Crippen molar-refractivity contribution in [3.05, 3.63) is 29.8 Å². The van der Waals surface area contributed by atoms with Crippen molar-refractivity contribution in [3.63, 3.8) is 0 Å². The van der Waals surface area contributed by atoms with Gasteiger partial charge in [0.15, 0.2) is 9.84 Å². The fourth-order valence-electron chi connectivity index (χ4n) is 2.35. The van der Waals surface area contributed by atoms with Crippen LogP contribution < -0.4 is 10.1 Å². The summed E-state index contributed by atoms with van der Waals surface area (Å²) < 4.78 is 28.2. The van der Waals surface area contributed by atoms with Crippen molar-refractivity contribution in [3.8, 4) is 18.1 Å². The highest BCUT2D eigenvalue weighted by atomic mass is 32.2. The van der Waals surface area contributed by atoms with Gasteiger partial charge in [0, 0.05) is 12.1 Å². The summed E-state index contributed by atoms with van der Waals surface area (Å²) in [6.45, 7) is 1.61. The van der Waals surface area contributed by atoms with Gasteiger partial charge in [0.05, 0.1) is 11.5 Å². The number of benzene rings is 1. The van der Waals surface area contributed by atoms with E-state index >= 15 is 0 Å². The molecule has 0 amide bonds. The van der Waals surface area contributed by atoms with Gasteiger partial charge in [-0.3, -0.25) is 0 Å². The van der Waals surface area contributed by atoms with Crippen molar-refractivity contribution in [2.75, 3.05) is 24.7 Å². The Balaban J connectivity index is 1.84. The SMILES string of the molecule is C#CCOc1ccccc1CNCC1CCS(=O)(=O)C1. The molecule has 5 heteroatoms. The predicted octanol–water partition coefficient (Wildman–Crippen LogP) is 1.22. The molecule has 108 valence electrons. The van der Waals surface area contributed by atoms with E-state index in [2.05, 4.69) is 11.2 Å². The average molecular weight is 293 g/mol. The first-order valence-electron chi connectivity index (χ1n) is 6.66. The first-order chi connectivity index (χ1) is 9.61. The number of hydrogen-bond acceptors (Lipinski definition) is 4. The van der Waals surface area contributed by atoms with E-state index in [9.17, 15) is 8.42 Å². The summed E-state index contributed by atoms with van der Waals surface area (Å²) in [6.07, 6.45) is 5.94. The van der Waals surface area contributed by atoms with E-state index in [0.717, 1.165) is 17.7 Å². The van der Waals surface area contributed by atoms with Crippen LogP contribution >= 0.6 is 0 Å². The second-order valence-electron chi connectivity index (χ2n) is 5.00. The summed E-state index contributed by atoms with van der Waals surface area (Å²) in [5, 5.41) is 3.30. The Kier molecular flexibility index (Phi) is 5.05. The minimum absolute atomic E-state index is 0.221. The molecule has 1 aliphatic rings. The molecule has 4 nitrogen and oxygen atoms in total. The fraction of sp³-hybridized carbons (Fsp3) is 0.467. The average Bonchev–Trinajstić information content (AvgIpc) is 2.77. The van der Waals surface area contributed by atoms with Crippen LogP contribution in [0.5, 0.6) is 5.75 Å². The number of rotatable bonds is 6. The van der Waals surface area contributed by atoms with Crippen LogP contribution in [0.25, 0.3) is 0 Å². The van der Waals surface area contributed by atoms with E-state index in [4.69, 9.17) is 11.2 Å². The zero-order valence-corrected chi connectivity index (χ0v) is 12.2. The lowest BCUT2D eigenvalue weighted by molar-refractivity contribution is 0.364. The Bertz CT molecular complexity index is 589. The maximum Gasteiger partial charge on any atom is 0.150 e. The summed E-state index contributed by atoms with van der Waals surface area (Å²) in [5.74, 6) is 4.06. The van der Waals surface area contributed by atoms with Gasteiger partial charge in [-0.25, -0.2) is 8.42 Å². The third-order valence-corrected chi connectivity index (χ3v) is 5.20. The van der Waals surface area contributed by atoms with Crippen LogP contribution in [0.3, 0.4) is 0 Å². The summed E-state index contributed by atoms with van der Waals surface area (Å²) in [7, 11) is -2.80. The number of terminal acetylenes is 1. The van der Waals surface area contributed by atoms with E-state index in [1.165, 1.54) is 0 Å². The Labute approximate surface area is 120 Å². The molecule has 1 unspecified atom stereocenters. The van der Waals surface area contributed by atoms with Crippen molar-refractivity contribution < 1.29 is 13.2 Å². The normalized spacial score (nSPS) is 20.4. The second kappa shape index (κ2) is 6.78. The molecule has 2 rings (SSSR count). The van der Waals surface area contributed by atoms with Gasteiger partial charge in [-0.15, -0.1) is 6.42 Å². The highest BCUT2D eigenvalue weighted by molar-refractivity contribution is 7.91. The van der Waals surface area contributed by atoms with Gasteiger partial charge < -0.3 is 10.1 Å². The zero-order valence-electron chi connectivity index (χ0n) is 11.3. The van der Waals surface area contributed by atoms with Gasteiger partial charge in [-0.2, -0.15) is 0 Å². The first-order valence-corrected chi connectivity index (χ1v) is 8.48.